The molecule has 0 fully saturated rings. The van der Waals surface area contributed by atoms with Crippen molar-refractivity contribution in [3.63, 3.8) is 0 Å². The van der Waals surface area contributed by atoms with Crippen LogP contribution in [0.25, 0.3) is 0 Å². The molecular weight excluding hydrogens is 330 g/mol. The predicted octanol–water partition coefficient (Wildman–Crippen LogP) is 3.66. The average molecular weight is 356 g/mol. The monoisotopic (exact) mass is 355 g/mol. The zero-order chi connectivity index (χ0) is 17.2. The number of esters is 1. The number of amides is 1. The molecule has 2 rings (SSSR count). The summed E-state index contributed by atoms with van der Waals surface area (Å²) < 4.78 is 5.37. The van der Waals surface area contributed by atoms with Crippen molar-refractivity contribution in [3.8, 4) is 0 Å². The van der Waals surface area contributed by atoms with Crippen molar-refractivity contribution in [3.05, 3.63) is 21.9 Å². The first kappa shape index (κ1) is 18.3. The normalized spacial score (nSPS) is 17.7. The zero-order valence-electron chi connectivity index (χ0n) is 14.4. The molecule has 0 spiro atoms. The molecule has 0 saturated heterocycles. The van der Waals surface area contributed by atoms with E-state index >= 15 is 0 Å². The molecule has 23 heavy (non-hydrogen) atoms. The second-order valence-corrected chi connectivity index (χ2v) is 9.16. The summed E-state index contributed by atoms with van der Waals surface area (Å²) in [6, 6.07) is 2.00. The molecule has 1 amide bonds. The first-order valence-electron chi connectivity index (χ1n) is 7.89. The lowest BCUT2D eigenvalue weighted by Gasteiger charge is -2.32. The third-order valence-electron chi connectivity index (χ3n) is 3.53. The van der Waals surface area contributed by atoms with Crippen LogP contribution in [0.15, 0.2) is 11.4 Å². The Balaban J connectivity index is 2.13. The minimum absolute atomic E-state index is 0.00427. The van der Waals surface area contributed by atoms with E-state index in [1.54, 1.807) is 28.0 Å². The predicted molar refractivity (Wildman–Crippen MR) is 95.9 cm³/mol. The minimum Gasteiger partial charge on any atom is -0.459 e. The van der Waals surface area contributed by atoms with E-state index in [1.807, 2.05) is 46.1 Å². The first-order chi connectivity index (χ1) is 10.7. The van der Waals surface area contributed by atoms with E-state index in [1.165, 1.54) is 4.88 Å². The van der Waals surface area contributed by atoms with Gasteiger partial charge in [-0.15, -0.1) is 23.1 Å². The van der Waals surface area contributed by atoms with Crippen LogP contribution >= 0.6 is 23.1 Å². The van der Waals surface area contributed by atoms with Crippen molar-refractivity contribution < 1.29 is 14.3 Å². The van der Waals surface area contributed by atoms with Gasteiger partial charge in [0.1, 0.15) is 17.4 Å². The van der Waals surface area contributed by atoms with Gasteiger partial charge < -0.3 is 9.64 Å². The lowest BCUT2D eigenvalue weighted by atomic mass is 10.1. The Labute approximate surface area is 146 Å². The van der Waals surface area contributed by atoms with Crippen LogP contribution in [0.1, 0.15) is 50.3 Å². The van der Waals surface area contributed by atoms with E-state index in [0.717, 1.165) is 17.7 Å². The SMILES string of the molecule is CC(C)N(CC(=O)OC(C)(C)C)C(=O)C1SCCc2sccc21. The molecule has 2 heterocycles. The summed E-state index contributed by atoms with van der Waals surface area (Å²) in [5.41, 5.74) is 0.578. The molecule has 1 aliphatic heterocycles. The molecule has 1 aromatic rings. The molecule has 1 unspecified atom stereocenters. The van der Waals surface area contributed by atoms with Crippen LogP contribution in [-0.4, -0.2) is 40.7 Å². The maximum atomic E-state index is 13.0. The summed E-state index contributed by atoms with van der Waals surface area (Å²) in [7, 11) is 0. The minimum atomic E-state index is -0.539. The summed E-state index contributed by atoms with van der Waals surface area (Å²) >= 11 is 3.38. The fourth-order valence-electron chi connectivity index (χ4n) is 2.53. The second-order valence-electron chi connectivity index (χ2n) is 6.95. The number of carbonyl (C=O) groups excluding carboxylic acids is 2. The van der Waals surface area contributed by atoms with E-state index in [0.29, 0.717) is 0 Å². The van der Waals surface area contributed by atoms with Gasteiger partial charge in [-0.3, -0.25) is 9.59 Å². The molecule has 128 valence electrons. The number of thioether (sulfide) groups is 1. The molecule has 0 aromatic carbocycles. The Morgan fingerprint density at radius 1 is 1.39 bits per heavy atom. The Morgan fingerprint density at radius 2 is 2.09 bits per heavy atom. The Bertz CT molecular complexity index is 575. The molecule has 0 aliphatic carbocycles. The lowest BCUT2D eigenvalue weighted by molar-refractivity contribution is -0.159. The maximum absolute atomic E-state index is 13.0. The Kier molecular flexibility index (Phi) is 5.79. The summed E-state index contributed by atoms with van der Waals surface area (Å²) in [5.74, 6) is 0.601. The zero-order valence-corrected chi connectivity index (χ0v) is 16.1. The van der Waals surface area contributed by atoms with Gasteiger partial charge in [0.15, 0.2) is 0 Å². The summed E-state index contributed by atoms with van der Waals surface area (Å²) in [6.07, 6.45) is 1.02. The van der Waals surface area contributed by atoms with Gasteiger partial charge >= 0.3 is 5.97 Å². The highest BCUT2D eigenvalue weighted by Gasteiger charge is 2.34. The number of fused-ring (bicyclic) bond motifs is 1. The Morgan fingerprint density at radius 3 is 2.70 bits per heavy atom. The molecule has 0 bridgehead atoms. The third-order valence-corrected chi connectivity index (χ3v) is 5.75. The van der Waals surface area contributed by atoms with Gasteiger partial charge in [-0.05, 0) is 63.8 Å². The number of aryl methyl sites for hydroxylation is 1. The quantitative estimate of drug-likeness (QED) is 0.773. The highest BCUT2D eigenvalue weighted by atomic mass is 32.2. The van der Waals surface area contributed by atoms with Crippen molar-refractivity contribution in [2.45, 2.75) is 57.9 Å². The number of carbonyl (C=O) groups is 2. The van der Waals surface area contributed by atoms with Gasteiger partial charge in [0.05, 0.1) is 0 Å². The van der Waals surface area contributed by atoms with Crippen LogP contribution in [0.2, 0.25) is 0 Å². The number of hydrogen-bond donors (Lipinski definition) is 0. The van der Waals surface area contributed by atoms with Crippen LogP contribution in [0, 0.1) is 0 Å². The fourth-order valence-corrected chi connectivity index (χ4v) is 4.89. The van der Waals surface area contributed by atoms with E-state index in [9.17, 15) is 9.59 Å². The highest BCUT2D eigenvalue weighted by Crippen LogP contribution is 2.40. The van der Waals surface area contributed by atoms with E-state index in [-0.39, 0.29) is 29.7 Å². The van der Waals surface area contributed by atoms with Gasteiger partial charge in [-0.1, -0.05) is 0 Å². The summed E-state index contributed by atoms with van der Waals surface area (Å²) in [5, 5.41) is 1.85. The summed E-state index contributed by atoms with van der Waals surface area (Å²) in [4.78, 5) is 28.1. The van der Waals surface area contributed by atoms with Gasteiger partial charge in [0.25, 0.3) is 0 Å². The van der Waals surface area contributed by atoms with E-state index in [4.69, 9.17) is 4.74 Å². The van der Waals surface area contributed by atoms with Gasteiger partial charge in [-0.25, -0.2) is 0 Å². The van der Waals surface area contributed by atoms with E-state index < -0.39 is 5.60 Å². The Hall–Kier alpha value is -1.01. The molecule has 0 saturated carbocycles. The number of nitrogens with zero attached hydrogens (tertiary/aromatic N) is 1. The number of ether oxygens (including phenoxy) is 1. The highest BCUT2D eigenvalue weighted by molar-refractivity contribution is 8.00. The number of hydrogen-bond acceptors (Lipinski definition) is 5. The number of rotatable bonds is 4. The van der Waals surface area contributed by atoms with Gasteiger partial charge in [0.2, 0.25) is 5.91 Å². The van der Waals surface area contributed by atoms with Crippen LogP contribution in [0.4, 0.5) is 0 Å². The second kappa shape index (κ2) is 7.26. The topological polar surface area (TPSA) is 46.6 Å². The van der Waals surface area contributed by atoms with Gasteiger partial charge in [-0.2, -0.15) is 0 Å². The van der Waals surface area contributed by atoms with Crippen LogP contribution in [0.3, 0.4) is 0 Å². The summed E-state index contributed by atoms with van der Waals surface area (Å²) in [6.45, 7) is 9.38. The van der Waals surface area contributed by atoms with Crippen molar-refractivity contribution in [1.29, 1.82) is 0 Å². The molecule has 1 atom stereocenters. The van der Waals surface area contributed by atoms with Crippen molar-refractivity contribution in [2.75, 3.05) is 12.3 Å². The van der Waals surface area contributed by atoms with Crippen LogP contribution < -0.4 is 0 Å². The van der Waals surface area contributed by atoms with Crippen molar-refractivity contribution in [2.24, 2.45) is 0 Å². The van der Waals surface area contributed by atoms with Crippen molar-refractivity contribution in [1.82, 2.24) is 4.90 Å². The largest absolute Gasteiger partial charge is 0.459 e. The molecule has 1 aromatic heterocycles. The lowest BCUT2D eigenvalue weighted by Crippen LogP contribution is -2.44. The molecule has 0 radical (unpaired) electrons. The van der Waals surface area contributed by atoms with Crippen LogP contribution in [-0.2, 0) is 20.7 Å². The fraction of sp³-hybridized carbons (Fsp3) is 0.647. The molecule has 6 heteroatoms. The van der Waals surface area contributed by atoms with Gasteiger partial charge in [0, 0.05) is 10.9 Å². The smallest absolute Gasteiger partial charge is 0.326 e. The first-order valence-corrected chi connectivity index (χ1v) is 9.82. The van der Waals surface area contributed by atoms with E-state index in [2.05, 4.69) is 0 Å². The molecular formula is C17H25NO3S2. The standard InChI is InChI=1S/C17H25NO3S2/c1-11(2)18(10-14(19)21-17(3,4)5)16(20)15-12-6-8-22-13(12)7-9-23-15/h6,8,11,15H,7,9-10H2,1-5H3. The molecule has 0 N–H and O–H groups in total. The maximum Gasteiger partial charge on any atom is 0.326 e. The third kappa shape index (κ3) is 4.73. The molecule has 4 nitrogen and oxygen atoms in total. The number of thiophene rings is 1. The van der Waals surface area contributed by atoms with Crippen molar-refractivity contribution >= 4 is 35.0 Å². The molecule has 1 aliphatic rings. The van der Waals surface area contributed by atoms with Crippen LogP contribution in [0.5, 0.6) is 0 Å². The average Bonchev–Trinajstić information content (AvgIpc) is 2.90.